The van der Waals surface area contributed by atoms with E-state index in [1.807, 2.05) is 38.1 Å². The van der Waals surface area contributed by atoms with Crippen LogP contribution in [0.25, 0.3) is 11.0 Å². The molecule has 1 aromatic carbocycles. The third kappa shape index (κ3) is 5.63. The SMILES string of the molecule is CC(C)CC(NC(=O)Cc1csc(NC(=O)C(C)C)n1)c1nc2ccccc2[nH]1. The zero-order valence-corrected chi connectivity index (χ0v) is 18.0. The largest absolute Gasteiger partial charge is 0.346 e. The van der Waals surface area contributed by atoms with Gasteiger partial charge in [-0.3, -0.25) is 9.59 Å². The molecule has 2 aromatic heterocycles. The van der Waals surface area contributed by atoms with Gasteiger partial charge in [-0.05, 0) is 24.5 Å². The van der Waals surface area contributed by atoms with E-state index in [0.717, 1.165) is 23.3 Å². The van der Waals surface area contributed by atoms with Crippen molar-refractivity contribution in [3.63, 3.8) is 0 Å². The van der Waals surface area contributed by atoms with E-state index < -0.39 is 0 Å². The second kappa shape index (κ2) is 9.17. The summed E-state index contributed by atoms with van der Waals surface area (Å²) in [7, 11) is 0. The molecule has 0 radical (unpaired) electrons. The number of fused-ring (bicyclic) bond motifs is 1. The minimum absolute atomic E-state index is 0.0859. The molecule has 2 heterocycles. The molecule has 0 aliphatic rings. The monoisotopic (exact) mass is 413 g/mol. The number of para-hydroxylation sites is 2. The van der Waals surface area contributed by atoms with E-state index in [9.17, 15) is 9.59 Å². The molecular formula is C21H27N5O2S. The Morgan fingerprint density at radius 2 is 1.90 bits per heavy atom. The minimum Gasteiger partial charge on any atom is -0.346 e. The number of carbonyl (C=O) groups excluding carboxylic acids is 2. The third-order valence-electron chi connectivity index (χ3n) is 4.43. The standard InChI is InChI=1S/C21H27N5O2S/c1-12(2)9-17(19-24-15-7-5-6-8-16(15)25-19)23-18(27)10-14-11-29-21(22-14)26-20(28)13(3)4/h5-8,11-13,17H,9-10H2,1-4H3,(H,23,27)(H,24,25)(H,22,26,28). The van der Waals surface area contributed by atoms with Gasteiger partial charge in [0.1, 0.15) is 5.82 Å². The van der Waals surface area contributed by atoms with Crippen molar-refractivity contribution in [3.8, 4) is 0 Å². The maximum Gasteiger partial charge on any atom is 0.228 e. The minimum atomic E-state index is -0.200. The Balaban J connectivity index is 1.67. The van der Waals surface area contributed by atoms with Gasteiger partial charge in [-0.2, -0.15) is 0 Å². The second-order valence-electron chi connectivity index (χ2n) is 7.85. The van der Waals surface area contributed by atoms with Gasteiger partial charge in [0.2, 0.25) is 11.8 Å². The number of benzene rings is 1. The average molecular weight is 414 g/mol. The van der Waals surface area contributed by atoms with Gasteiger partial charge in [-0.1, -0.05) is 39.8 Å². The van der Waals surface area contributed by atoms with Crippen molar-refractivity contribution in [2.24, 2.45) is 11.8 Å². The molecule has 3 aromatic rings. The van der Waals surface area contributed by atoms with E-state index in [2.05, 4.69) is 39.4 Å². The highest BCUT2D eigenvalue weighted by molar-refractivity contribution is 7.13. The average Bonchev–Trinajstić information content (AvgIpc) is 3.27. The number of H-pyrrole nitrogens is 1. The Bertz CT molecular complexity index is 959. The number of thiazole rings is 1. The van der Waals surface area contributed by atoms with Crippen LogP contribution in [0, 0.1) is 11.8 Å². The fourth-order valence-corrected chi connectivity index (χ4v) is 3.67. The van der Waals surface area contributed by atoms with Crippen LogP contribution in [0.4, 0.5) is 5.13 Å². The van der Waals surface area contributed by atoms with Gasteiger partial charge in [0.05, 0.1) is 29.2 Å². The summed E-state index contributed by atoms with van der Waals surface area (Å²) in [6.07, 6.45) is 0.932. The number of aromatic amines is 1. The summed E-state index contributed by atoms with van der Waals surface area (Å²) in [4.78, 5) is 36.8. The third-order valence-corrected chi connectivity index (χ3v) is 5.23. The normalized spacial score (nSPS) is 12.5. The van der Waals surface area contributed by atoms with Crippen molar-refractivity contribution in [1.82, 2.24) is 20.3 Å². The molecule has 0 aliphatic heterocycles. The smallest absolute Gasteiger partial charge is 0.228 e. The summed E-state index contributed by atoms with van der Waals surface area (Å²) in [5.74, 6) is 0.827. The molecule has 3 N–H and O–H groups in total. The summed E-state index contributed by atoms with van der Waals surface area (Å²) in [5, 5.41) is 8.17. The molecule has 154 valence electrons. The molecule has 0 fully saturated rings. The molecule has 1 atom stereocenters. The summed E-state index contributed by atoms with van der Waals surface area (Å²) in [6, 6.07) is 7.63. The number of hydrogen-bond acceptors (Lipinski definition) is 5. The first-order valence-electron chi connectivity index (χ1n) is 9.81. The molecule has 0 bridgehead atoms. The van der Waals surface area contributed by atoms with Gasteiger partial charge in [-0.15, -0.1) is 11.3 Å². The number of anilines is 1. The molecule has 8 heteroatoms. The van der Waals surface area contributed by atoms with Gasteiger partial charge >= 0.3 is 0 Å². The van der Waals surface area contributed by atoms with Gasteiger partial charge in [-0.25, -0.2) is 9.97 Å². The first-order chi connectivity index (χ1) is 13.8. The van der Waals surface area contributed by atoms with E-state index in [0.29, 0.717) is 16.7 Å². The van der Waals surface area contributed by atoms with E-state index in [1.165, 1.54) is 11.3 Å². The van der Waals surface area contributed by atoms with Gasteiger partial charge < -0.3 is 15.6 Å². The van der Waals surface area contributed by atoms with Crippen LogP contribution in [-0.2, 0) is 16.0 Å². The Morgan fingerprint density at radius 3 is 2.59 bits per heavy atom. The van der Waals surface area contributed by atoms with Crippen molar-refractivity contribution in [3.05, 3.63) is 41.2 Å². The van der Waals surface area contributed by atoms with E-state index in [-0.39, 0.29) is 30.2 Å². The van der Waals surface area contributed by atoms with Crippen molar-refractivity contribution >= 4 is 39.3 Å². The van der Waals surface area contributed by atoms with E-state index in [4.69, 9.17) is 0 Å². The number of aromatic nitrogens is 3. The fourth-order valence-electron chi connectivity index (χ4n) is 2.95. The van der Waals surface area contributed by atoms with E-state index >= 15 is 0 Å². The van der Waals surface area contributed by atoms with Crippen LogP contribution in [0.3, 0.4) is 0 Å². The highest BCUT2D eigenvalue weighted by atomic mass is 32.1. The van der Waals surface area contributed by atoms with Crippen LogP contribution in [0.5, 0.6) is 0 Å². The first kappa shape index (κ1) is 21.0. The van der Waals surface area contributed by atoms with Crippen molar-refractivity contribution in [1.29, 1.82) is 0 Å². The van der Waals surface area contributed by atoms with Gasteiger partial charge in [0.15, 0.2) is 5.13 Å². The predicted molar refractivity (Wildman–Crippen MR) is 116 cm³/mol. The van der Waals surface area contributed by atoms with Crippen molar-refractivity contribution < 1.29 is 9.59 Å². The Labute approximate surface area is 174 Å². The van der Waals surface area contributed by atoms with Gasteiger partial charge in [0.25, 0.3) is 0 Å². The van der Waals surface area contributed by atoms with Crippen LogP contribution in [0.2, 0.25) is 0 Å². The number of hydrogen-bond donors (Lipinski definition) is 3. The summed E-state index contributed by atoms with van der Waals surface area (Å²) < 4.78 is 0. The molecule has 1 unspecified atom stereocenters. The van der Waals surface area contributed by atoms with E-state index in [1.54, 1.807) is 5.38 Å². The predicted octanol–water partition coefficient (Wildman–Crippen LogP) is 4.06. The zero-order chi connectivity index (χ0) is 21.0. The van der Waals surface area contributed by atoms with Crippen LogP contribution in [-0.4, -0.2) is 26.8 Å². The molecule has 0 spiro atoms. The Kier molecular flexibility index (Phi) is 6.64. The molecule has 0 aliphatic carbocycles. The fraction of sp³-hybridized carbons (Fsp3) is 0.429. The summed E-state index contributed by atoms with van der Waals surface area (Å²) in [5.41, 5.74) is 2.48. The molecule has 2 amide bonds. The lowest BCUT2D eigenvalue weighted by Gasteiger charge is -2.18. The molecule has 7 nitrogen and oxygen atoms in total. The first-order valence-corrected chi connectivity index (χ1v) is 10.7. The highest BCUT2D eigenvalue weighted by Crippen LogP contribution is 2.22. The highest BCUT2D eigenvalue weighted by Gasteiger charge is 2.20. The molecular weight excluding hydrogens is 386 g/mol. The Hall–Kier alpha value is -2.74. The number of nitrogens with zero attached hydrogens (tertiary/aromatic N) is 2. The van der Waals surface area contributed by atoms with Gasteiger partial charge in [0, 0.05) is 11.3 Å². The lowest BCUT2D eigenvalue weighted by atomic mass is 10.0. The van der Waals surface area contributed by atoms with Crippen LogP contribution >= 0.6 is 11.3 Å². The lowest BCUT2D eigenvalue weighted by molar-refractivity contribution is -0.121. The Morgan fingerprint density at radius 1 is 1.14 bits per heavy atom. The molecule has 29 heavy (non-hydrogen) atoms. The molecule has 0 saturated carbocycles. The maximum atomic E-state index is 12.7. The topological polar surface area (TPSA) is 99.8 Å². The summed E-state index contributed by atoms with van der Waals surface area (Å²) >= 11 is 1.32. The quantitative estimate of drug-likeness (QED) is 0.518. The van der Waals surface area contributed by atoms with Crippen molar-refractivity contribution in [2.75, 3.05) is 5.32 Å². The maximum absolute atomic E-state index is 12.7. The second-order valence-corrected chi connectivity index (χ2v) is 8.71. The van der Waals surface area contributed by atoms with Crippen LogP contribution < -0.4 is 10.6 Å². The number of amides is 2. The number of nitrogens with one attached hydrogen (secondary N) is 3. The summed E-state index contributed by atoms with van der Waals surface area (Å²) in [6.45, 7) is 7.88. The number of imidazole rings is 1. The van der Waals surface area contributed by atoms with Crippen LogP contribution in [0.15, 0.2) is 29.6 Å². The molecule has 3 rings (SSSR count). The lowest BCUT2D eigenvalue weighted by Crippen LogP contribution is -2.31. The van der Waals surface area contributed by atoms with Crippen molar-refractivity contribution in [2.45, 2.75) is 46.6 Å². The zero-order valence-electron chi connectivity index (χ0n) is 17.2. The number of rotatable bonds is 8. The van der Waals surface area contributed by atoms with Crippen LogP contribution in [0.1, 0.15) is 51.7 Å². The number of carbonyl (C=O) groups is 2. The molecule has 0 saturated heterocycles.